The molecule has 3 heterocycles. The van der Waals surface area contributed by atoms with Gasteiger partial charge in [0.1, 0.15) is 6.20 Å². The number of aromatic nitrogens is 6. The molecule has 1 fully saturated rings. The summed E-state index contributed by atoms with van der Waals surface area (Å²) in [6, 6.07) is 3.96. The highest BCUT2D eigenvalue weighted by molar-refractivity contribution is 5.61. The van der Waals surface area contributed by atoms with Crippen LogP contribution in [-0.2, 0) is 7.05 Å². The van der Waals surface area contributed by atoms with Gasteiger partial charge in [0.05, 0.1) is 13.4 Å². The number of fused-ring (bicyclic) bond motifs is 1. The van der Waals surface area contributed by atoms with Crippen LogP contribution >= 0.6 is 0 Å². The molecule has 0 unspecified atom stereocenters. The smallest absolute Gasteiger partial charge is 0.343 e. The lowest BCUT2D eigenvalue weighted by Crippen LogP contribution is -2.12. The van der Waals surface area contributed by atoms with Gasteiger partial charge in [-0.3, -0.25) is 0 Å². The number of aliphatic imine (C=N–C) groups is 1. The second-order valence-electron chi connectivity index (χ2n) is 5.44. The molecule has 0 spiro atoms. The highest BCUT2D eigenvalue weighted by atomic mass is 16.6. The summed E-state index contributed by atoms with van der Waals surface area (Å²) < 4.78 is 2.80. The molecule has 3 aromatic rings. The van der Waals surface area contributed by atoms with Crippen molar-refractivity contribution in [2.75, 3.05) is 0 Å². The Morgan fingerprint density at radius 2 is 2.21 bits per heavy atom. The lowest BCUT2D eigenvalue weighted by molar-refractivity contribution is -0.391. The monoisotopic (exact) mass is 327 g/mol. The van der Waals surface area contributed by atoms with E-state index in [1.165, 1.54) is 15.3 Å². The molecule has 0 radical (unpaired) electrons. The minimum atomic E-state index is -0.508. The van der Waals surface area contributed by atoms with Crippen molar-refractivity contribution >= 4 is 23.6 Å². The predicted octanol–water partition coefficient (Wildman–Crippen LogP) is 0.845. The number of nitro groups is 1. The molecule has 24 heavy (non-hydrogen) atoms. The van der Waals surface area contributed by atoms with Crippen LogP contribution in [0.5, 0.6) is 0 Å². The van der Waals surface area contributed by atoms with Crippen LogP contribution in [0.15, 0.2) is 23.3 Å². The number of nitrogens with zero attached hydrogens (tertiary/aromatic N) is 8. The molecule has 1 aliphatic rings. The Morgan fingerprint density at radius 1 is 1.38 bits per heavy atom. The van der Waals surface area contributed by atoms with Gasteiger partial charge in [0.25, 0.3) is 5.82 Å². The molecular formula is C13H13N9O2. The average Bonchev–Trinajstić information content (AvgIpc) is 3.16. The van der Waals surface area contributed by atoms with E-state index < -0.39 is 4.92 Å². The van der Waals surface area contributed by atoms with E-state index in [1.54, 1.807) is 25.5 Å². The molecule has 0 atom stereocenters. The molecule has 11 heteroatoms. The fourth-order valence-corrected chi connectivity index (χ4v) is 2.22. The van der Waals surface area contributed by atoms with Crippen LogP contribution in [-0.4, -0.2) is 46.7 Å². The van der Waals surface area contributed by atoms with Crippen LogP contribution in [0.1, 0.15) is 12.8 Å². The summed E-state index contributed by atoms with van der Waals surface area (Å²) in [7, 11) is 1.54. The van der Waals surface area contributed by atoms with E-state index in [9.17, 15) is 10.1 Å². The van der Waals surface area contributed by atoms with Crippen molar-refractivity contribution < 1.29 is 4.92 Å². The molecule has 4 rings (SSSR count). The summed E-state index contributed by atoms with van der Waals surface area (Å²) in [6.45, 7) is 0. The molecule has 1 saturated carbocycles. The summed E-state index contributed by atoms with van der Waals surface area (Å²) >= 11 is 0. The molecule has 0 bridgehead atoms. The fraction of sp³-hybridized carbons (Fsp3) is 0.308. The molecule has 0 amide bonds. The van der Waals surface area contributed by atoms with Gasteiger partial charge in [-0.1, -0.05) is 0 Å². The quantitative estimate of drug-likeness (QED) is 0.318. The number of hydrogen-bond acceptors (Lipinski definition) is 7. The Balaban J connectivity index is 1.72. The van der Waals surface area contributed by atoms with Gasteiger partial charge in [-0.25, -0.2) is 14.5 Å². The maximum atomic E-state index is 11.0. The largest absolute Gasteiger partial charge is 0.373 e. The number of imidazole rings is 1. The van der Waals surface area contributed by atoms with E-state index in [0.29, 0.717) is 29.2 Å². The minimum Gasteiger partial charge on any atom is -0.373 e. The molecular weight excluding hydrogens is 314 g/mol. The zero-order valence-corrected chi connectivity index (χ0v) is 12.7. The summed E-state index contributed by atoms with van der Waals surface area (Å²) in [4.78, 5) is 18.8. The van der Waals surface area contributed by atoms with Gasteiger partial charge < -0.3 is 15.4 Å². The first-order valence-corrected chi connectivity index (χ1v) is 7.31. The summed E-state index contributed by atoms with van der Waals surface area (Å²) in [5, 5.41) is 26.5. The fourth-order valence-electron chi connectivity index (χ4n) is 2.22. The molecule has 0 aliphatic heterocycles. The highest BCUT2D eigenvalue weighted by Gasteiger charge is 2.23. The van der Waals surface area contributed by atoms with Crippen molar-refractivity contribution in [1.29, 1.82) is 0 Å². The highest BCUT2D eigenvalue weighted by Crippen LogP contribution is 2.22. The molecule has 3 aromatic heterocycles. The van der Waals surface area contributed by atoms with Crippen molar-refractivity contribution in [1.82, 2.24) is 34.7 Å². The third kappa shape index (κ3) is 2.45. The van der Waals surface area contributed by atoms with E-state index in [2.05, 4.69) is 30.6 Å². The third-order valence-electron chi connectivity index (χ3n) is 3.68. The SMILES string of the molecule is Cn1c([N+](=O)[O-])cnc1-c1nnc2ccc(N=CNC3CC3)nn12. The van der Waals surface area contributed by atoms with Crippen LogP contribution in [0.2, 0.25) is 0 Å². The molecule has 1 aliphatic carbocycles. The van der Waals surface area contributed by atoms with Crippen molar-refractivity contribution in [3.05, 3.63) is 28.4 Å². The van der Waals surface area contributed by atoms with Gasteiger partial charge in [-0.15, -0.1) is 15.3 Å². The third-order valence-corrected chi connectivity index (χ3v) is 3.68. The molecule has 1 N–H and O–H groups in total. The van der Waals surface area contributed by atoms with Gasteiger partial charge >= 0.3 is 5.82 Å². The van der Waals surface area contributed by atoms with Crippen LogP contribution < -0.4 is 5.32 Å². The standard InChI is InChI=1S/C13H13N9O2/c1-20-11(22(23)24)6-14-12(20)13-18-17-10-5-4-9(19-21(10)13)16-7-15-8-2-3-8/h4-8H,2-3H2,1H3,(H,15,16,19). The van der Waals surface area contributed by atoms with Crippen LogP contribution in [0.3, 0.4) is 0 Å². The van der Waals surface area contributed by atoms with E-state index in [0.717, 1.165) is 12.8 Å². The van der Waals surface area contributed by atoms with Crippen LogP contribution in [0, 0.1) is 10.1 Å². The molecule has 11 nitrogen and oxygen atoms in total. The average molecular weight is 327 g/mol. The second kappa shape index (κ2) is 5.37. The van der Waals surface area contributed by atoms with Gasteiger partial charge in [0.15, 0.2) is 11.5 Å². The Morgan fingerprint density at radius 3 is 2.92 bits per heavy atom. The first-order chi connectivity index (χ1) is 11.6. The Hall–Kier alpha value is -3.37. The first-order valence-electron chi connectivity index (χ1n) is 7.31. The summed E-state index contributed by atoms with van der Waals surface area (Å²) in [5.74, 6) is 0.955. The predicted molar refractivity (Wildman–Crippen MR) is 83.9 cm³/mol. The minimum absolute atomic E-state index is 0.135. The Kier molecular flexibility index (Phi) is 3.18. The second-order valence-corrected chi connectivity index (χ2v) is 5.44. The van der Waals surface area contributed by atoms with Crippen molar-refractivity contribution in [3.8, 4) is 11.6 Å². The maximum absolute atomic E-state index is 11.0. The number of rotatable bonds is 5. The number of hydrogen-bond donors (Lipinski definition) is 1. The van der Waals surface area contributed by atoms with E-state index in [4.69, 9.17) is 0 Å². The molecule has 0 aromatic carbocycles. The topological polar surface area (TPSA) is 128 Å². The molecule has 122 valence electrons. The van der Waals surface area contributed by atoms with Crippen molar-refractivity contribution in [3.63, 3.8) is 0 Å². The zero-order valence-electron chi connectivity index (χ0n) is 12.7. The Labute approximate surface area is 135 Å². The lowest BCUT2D eigenvalue weighted by Gasteiger charge is -1.99. The van der Waals surface area contributed by atoms with Crippen LogP contribution in [0.4, 0.5) is 11.6 Å². The van der Waals surface area contributed by atoms with Gasteiger partial charge in [0.2, 0.25) is 5.82 Å². The summed E-state index contributed by atoms with van der Waals surface area (Å²) in [5.41, 5.74) is 0.504. The van der Waals surface area contributed by atoms with Crippen molar-refractivity contribution in [2.24, 2.45) is 12.0 Å². The zero-order chi connectivity index (χ0) is 16.7. The van der Waals surface area contributed by atoms with E-state index in [1.807, 2.05) is 0 Å². The Bertz CT molecular complexity index is 954. The van der Waals surface area contributed by atoms with E-state index >= 15 is 0 Å². The van der Waals surface area contributed by atoms with Crippen LogP contribution in [0.25, 0.3) is 17.3 Å². The van der Waals surface area contributed by atoms with Crippen molar-refractivity contribution in [2.45, 2.75) is 18.9 Å². The number of nitrogens with one attached hydrogen (secondary N) is 1. The lowest BCUT2D eigenvalue weighted by atomic mass is 10.5. The van der Waals surface area contributed by atoms with Gasteiger partial charge in [-0.2, -0.15) is 4.52 Å². The summed E-state index contributed by atoms with van der Waals surface area (Å²) in [6.07, 6.45) is 5.12. The maximum Gasteiger partial charge on any atom is 0.343 e. The van der Waals surface area contributed by atoms with E-state index in [-0.39, 0.29) is 5.82 Å². The van der Waals surface area contributed by atoms with Gasteiger partial charge in [-0.05, 0) is 29.9 Å². The van der Waals surface area contributed by atoms with Gasteiger partial charge in [0, 0.05) is 6.04 Å². The molecule has 0 saturated heterocycles. The first kappa shape index (κ1) is 14.2. The normalized spacial score (nSPS) is 14.5.